The molecule has 0 aromatic carbocycles. The third-order valence-electron chi connectivity index (χ3n) is 2.90. The number of hydrogen-bond donors (Lipinski definition) is 1. The molecule has 1 heterocycles. The van der Waals surface area contributed by atoms with E-state index in [1.165, 1.54) is 0 Å². The first kappa shape index (κ1) is 12.0. The van der Waals surface area contributed by atoms with E-state index in [9.17, 15) is 0 Å². The van der Waals surface area contributed by atoms with Gasteiger partial charge in [0.15, 0.2) is 0 Å². The molecule has 84 valence electrons. The van der Waals surface area contributed by atoms with Crippen LogP contribution in [0.1, 0.15) is 26.5 Å². The normalized spacial score (nSPS) is 13.5. The molecule has 1 atom stereocenters. The maximum Gasteiger partial charge on any atom is 0.123 e. The van der Waals surface area contributed by atoms with Gasteiger partial charge in [-0.3, -0.25) is 4.90 Å². The average molecular weight is 207 g/mol. The Bertz CT molecular complexity index is 309. The number of hydrogen-bond acceptors (Lipinski definition) is 3. The molecule has 0 aliphatic carbocycles. The molecule has 0 aliphatic rings. The summed E-state index contributed by atoms with van der Waals surface area (Å²) in [5, 5.41) is 0. The summed E-state index contributed by atoms with van der Waals surface area (Å²) in [6.07, 6.45) is 0. The van der Waals surface area contributed by atoms with Gasteiger partial charge in [-0.1, -0.05) is 19.9 Å². The van der Waals surface area contributed by atoms with Gasteiger partial charge in [0.1, 0.15) is 5.82 Å². The Labute approximate surface area is 92.3 Å². The first-order chi connectivity index (χ1) is 7.00. The molecule has 0 fully saturated rings. The highest BCUT2D eigenvalue weighted by Gasteiger charge is 2.13. The SMILES string of the molecule is CC(C)C(C)N(C)Cc1cccc(N)n1. The Kier molecular flexibility index (Phi) is 4.09. The minimum Gasteiger partial charge on any atom is -0.384 e. The largest absolute Gasteiger partial charge is 0.384 e. The summed E-state index contributed by atoms with van der Waals surface area (Å²) < 4.78 is 0. The van der Waals surface area contributed by atoms with E-state index >= 15 is 0 Å². The Morgan fingerprint density at radius 2 is 2.00 bits per heavy atom. The second kappa shape index (κ2) is 5.12. The molecule has 1 aromatic heterocycles. The Hall–Kier alpha value is -1.09. The fourth-order valence-corrected chi connectivity index (χ4v) is 1.49. The van der Waals surface area contributed by atoms with Crippen LogP contribution in [0.4, 0.5) is 5.82 Å². The Morgan fingerprint density at radius 1 is 1.33 bits per heavy atom. The molecule has 15 heavy (non-hydrogen) atoms. The summed E-state index contributed by atoms with van der Waals surface area (Å²) in [4.78, 5) is 6.59. The highest BCUT2D eigenvalue weighted by molar-refractivity contribution is 5.28. The van der Waals surface area contributed by atoms with Crippen LogP contribution in [-0.4, -0.2) is 23.0 Å². The van der Waals surface area contributed by atoms with E-state index in [2.05, 4.69) is 37.7 Å². The molecular formula is C12H21N3. The van der Waals surface area contributed by atoms with E-state index in [-0.39, 0.29) is 0 Å². The van der Waals surface area contributed by atoms with Gasteiger partial charge in [0.2, 0.25) is 0 Å². The monoisotopic (exact) mass is 207 g/mol. The third-order valence-corrected chi connectivity index (χ3v) is 2.90. The second-order valence-electron chi connectivity index (χ2n) is 4.45. The van der Waals surface area contributed by atoms with E-state index in [0.29, 0.717) is 17.8 Å². The van der Waals surface area contributed by atoms with Crippen molar-refractivity contribution in [2.45, 2.75) is 33.4 Å². The van der Waals surface area contributed by atoms with E-state index < -0.39 is 0 Å². The Balaban J connectivity index is 2.62. The Morgan fingerprint density at radius 3 is 2.53 bits per heavy atom. The van der Waals surface area contributed by atoms with Crippen molar-refractivity contribution < 1.29 is 0 Å². The molecule has 0 saturated heterocycles. The van der Waals surface area contributed by atoms with Gasteiger partial charge < -0.3 is 5.73 Å². The van der Waals surface area contributed by atoms with Gasteiger partial charge in [-0.25, -0.2) is 4.98 Å². The van der Waals surface area contributed by atoms with E-state index in [4.69, 9.17) is 5.73 Å². The van der Waals surface area contributed by atoms with Crippen LogP contribution in [0.25, 0.3) is 0 Å². The molecule has 0 amide bonds. The minimum atomic E-state index is 0.549. The summed E-state index contributed by atoms with van der Waals surface area (Å²) >= 11 is 0. The zero-order chi connectivity index (χ0) is 11.4. The van der Waals surface area contributed by atoms with Crippen LogP contribution in [0, 0.1) is 5.92 Å². The van der Waals surface area contributed by atoms with E-state index in [1.807, 2.05) is 18.2 Å². The fourth-order valence-electron chi connectivity index (χ4n) is 1.49. The first-order valence-corrected chi connectivity index (χ1v) is 5.42. The van der Waals surface area contributed by atoms with Crippen LogP contribution in [0.5, 0.6) is 0 Å². The van der Waals surface area contributed by atoms with E-state index in [1.54, 1.807) is 0 Å². The number of nitrogen functional groups attached to an aromatic ring is 1. The highest BCUT2D eigenvalue weighted by atomic mass is 15.1. The van der Waals surface area contributed by atoms with Gasteiger partial charge in [-0.05, 0) is 32.0 Å². The smallest absolute Gasteiger partial charge is 0.123 e. The second-order valence-corrected chi connectivity index (χ2v) is 4.45. The molecule has 1 unspecified atom stereocenters. The van der Waals surface area contributed by atoms with Gasteiger partial charge in [0, 0.05) is 12.6 Å². The predicted molar refractivity (Wildman–Crippen MR) is 64.4 cm³/mol. The number of nitrogens with zero attached hydrogens (tertiary/aromatic N) is 2. The van der Waals surface area contributed by atoms with Crippen LogP contribution in [0.15, 0.2) is 18.2 Å². The molecule has 0 bridgehead atoms. The van der Waals surface area contributed by atoms with Crippen LogP contribution < -0.4 is 5.73 Å². The molecule has 3 nitrogen and oxygen atoms in total. The summed E-state index contributed by atoms with van der Waals surface area (Å²) in [5.74, 6) is 1.24. The number of nitrogens with two attached hydrogens (primary N) is 1. The molecule has 1 aromatic rings. The minimum absolute atomic E-state index is 0.549. The van der Waals surface area contributed by atoms with Crippen LogP contribution in [0.3, 0.4) is 0 Å². The van der Waals surface area contributed by atoms with E-state index in [0.717, 1.165) is 12.2 Å². The van der Waals surface area contributed by atoms with Gasteiger partial charge in [-0.15, -0.1) is 0 Å². The predicted octanol–water partition coefficient (Wildman–Crippen LogP) is 2.14. The molecule has 0 saturated carbocycles. The quantitative estimate of drug-likeness (QED) is 0.822. The van der Waals surface area contributed by atoms with Crippen LogP contribution >= 0.6 is 0 Å². The highest BCUT2D eigenvalue weighted by Crippen LogP contribution is 2.11. The summed E-state index contributed by atoms with van der Waals surface area (Å²) in [6.45, 7) is 7.54. The van der Waals surface area contributed by atoms with Crippen molar-refractivity contribution in [3.8, 4) is 0 Å². The molecule has 3 heteroatoms. The molecule has 0 spiro atoms. The third kappa shape index (κ3) is 3.51. The number of aromatic nitrogens is 1. The average Bonchev–Trinajstić information content (AvgIpc) is 2.16. The van der Waals surface area contributed by atoms with Crippen molar-refractivity contribution in [1.82, 2.24) is 9.88 Å². The van der Waals surface area contributed by atoms with Crippen molar-refractivity contribution in [3.05, 3.63) is 23.9 Å². The topological polar surface area (TPSA) is 42.1 Å². The summed E-state index contributed by atoms with van der Waals surface area (Å²) in [5.41, 5.74) is 6.67. The molecule has 2 N–H and O–H groups in total. The van der Waals surface area contributed by atoms with Gasteiger partial charge in [-0.2, -0.15) is 0 Å². The van der Waals surface area contributed by atoms with Crippen molar-refractivity contribution in [3.63, 3.8) is 0 Å². The van der Waals surface area contributed by atoms with Crippen molar-refractivity contribution in [1.29, 1.82) is 0 Å². The maximum absolute atomic E-state index is 5.64. The molecule has 0 radical (unpaired) electrons. The van der Waals surface area contributed by atoms with Crippen molar-refractivity contribution in [2.24, 2.45) is 5.92 Å². The lowest BCUT2D eigenvalue weighted by Crippen LogP contribution is -2.32. The number of anilines is 1. The first-order valence-electron chi connectivity index (χ1n) is 5.42. The molecule has 1 rings (SSSR count). The van der Waals surface area contributed by atoms with Crippen LogP contribution in [-0.2, 0) is 6.54 Å². The van der Waals surface area contributed by atoms with Gasteiger partial charge >= 0.3 is 0 Å². The maximum atomic E-state index is 5.64. The zero-order valence-corrected chi connectivity index (χ0v) is 10.1. The molecule has 0 aliphatic heterocycles. The van der Waals surface area contributed by atoms with Crippen molar-refractivity contribution in [2.75, 3.05) is 12.8 Å². The lowest BCUT2D eigenvalue weighted by Gasteiger charge is -2.27. The summed E-state index contributed by atoms with van der Waals surface area (Å²) in [7, 11) is 2.12. The van der Waals surface area contributed by atoms with Crippen molar-refractivity contribution >= 4 is 5.82 Å². The number of pyridine rings is 1. The zero-order valence-electron chi connectivity index (χ0n) is 10.1. The van der Waals surface area contributed by atoms with Gasteiger partial charge in [0.25, 0.3) is 0 Å². The van der Waals surface area contributed by atoms with Gasteiger partial charge in [0.05, 0.1) is 5.69 Å². The lowest BCUT2D eigenvalue weighted by atomic mass is 10.1. The summed E-state index contributed by atoms with van der Waals surface area (Å²) in [6, 6.07) is 6.33. The standard InChI is InChI=1S/C12H21N3/c1-9(2)10(3)15(4)8-11-6-5-7-12(13)14-11/h5-7,9-10H,8H2,1-4H3,(H2,13,14). The fraction of sp³-hybridized carbons (Fsp3) is 0.583. The molecular weight excluding hydrogens is 186 g/mol. The van der Waals surface area contributed by atoms with Crippen LogP contribution in [0.2, 0.25) is 0 Å². The number of rotatable bonds is 4. The lowest BCUT2D eigenvalue weighted by molar-refractivity contribution is 0.198.